The molecule has 3 amide bonds. The highest BCUT2D eigenvalue weighted by atomic mass is 16.2. The lowest BCUT2D eigenvalue weighted by Crippen LogP contribution is -2.31. The summed E-state index contributed by atoms with van der Waals surface area (Å²) >= 11 is 0. The van der Waals surface area contributed by atoms with Crippen LogP contribution in [0.1, 0.15) is 25.8 Å². The summed E-state index contributed by atoms with van der Waals surface area (Å²) in [5.41, 5.74) is 2.15. The third-order valence-electron chi connectivity index (χ3n) is 3.64. The maximum atomic E-state index is 12.2. The van der Waals surface area contributed by atoms with E-state index in [1.54, 1.807) is 41.6 Å². The summed E-state index contributed by atoms with van der Waals surface area (Å²) in [6.45, 7) is 3.65. The van der Waals surface area contributed by atoms with Crippen molar-refractivity contribution in [2.45, 2.75) is 26.8 Å². The maximum Gasteiger partial charge on any atom is 0.226 e. The second-order valence-corrected chi connectivity index (χ2v) is 5.86. The summed E-state index contributed by atoms with van der Waals surface area (Å²) in [7, 11) is 0. The summed E-state index contributed by atoms with van der Waals surface area (Å²) in [4.78, 5) is 40.6. The molecule has 0 spiro atoms. The van der Waals surface area contributed by atoms with Gasteiger partial charge in [-0.1, -0.05) is 6.07 Å². The Morgan fingerprint density at radius 1 is 1.00 bits per heavy atom. The largest absolute Gasteiger partial charge is 0.338 e. The number of carbonyl (C=O) groups is 3. The standard InChI is InChI=1S/C19H22N4O3/c1-14(24)21-17-4-3-5-18(12-17)22-19(26)8-11-23(15(2)25)13-16-6-9-20-10-7-16/h3-7,9-10,12H,8,11,13H2,1-2H3,(H,21,24)(H,22,26). The van der Waals surface area contributed by atoms with Gasteiger partial charge in [0.2, 0.25) is 17.7 Å². The molecular formula is C19H22N4O3. The molecule has 136 valence electrons. The van der Waals surface area contributed by atoms with Crippen molar-refractivity contribution >= 4 is 29.1 Å². The van der Waals surface area contributed by atoms with Gasteiger partial charge < -0.3 is 15.5 Å². The van der Waals surface area contributed by atoms with Crippen LogP contribution in [0.25, 0.3) is 0 Å². The van der Waals surface area contributed by atoms with E-state index < -0.39 is 0 Å². The molecule has 1 aromatic heterocycles. The first-order valence-corrected chi connectivity index (χ1v) is 8.26. The molecule has 26 heavy (non-hydrogen) atoms. The molecule has 0 saturated heterocycles. The van der Waals surface area contributed by atoms with Crippen LogP contribution in [-0.2, 0) is 20.9 Å². The van der Waals surface area contributed by atoms with Crippen LogP contribution in [-0.4, -0.2) is 34.2 Å². The van der Waals surface area contributed by atoms with Crippen molar-refractivity contribution in [3.63, 3.8) is 0 Å². The van der Waals surface area contributed by atoms with E-state index in [2.05, 4.69) is 15.6 Å². The molecule has 2 N–H and O–H groups in total. The summed E-state index contributed by atoms with van der Waals surface area (Å²) in [5, 5.41) is 5.44. The minimum absolute atomic E-state index is 0.0951. The fourth-order valence-electron chi connectivity index (χ4n) is 2.39. The first-order chi connectivity index (χ1) is 12.4. The smallest absolute Gasteiger partial charge is 0.226 e. The Hall–Kier alpha value is -3.22. The highest BCUT2D eigenvalue weighted by molar-refractivity contribution is 5.93. The number of hydrogen-bond donors (Lipinski definition) is 2. The van der Waals surface area contributed by atoms with E-state index in [-0.39, 0.29) is 24.1 Å². The number of hydrogen-bond acceptors (Lipinski definition) is 4. The number of carbonyl (C=O) groups excluding carboxylic acids is 3. The lowest BCUT2D eigenvalue weighted by atomic mass is 10.2. The molecule has 0 aliphatic carbocycles. The summed E-state index contributed by atoms with van der Waals surface area (Å²) in [6, 6.07) is 10.6. The first-order valence-electron chi connectivity index (χ1n) is 8.26. The molecule has 0 unspecified atom stereocenters. The minimum Gasteiger partial charge on any atom is -0.338 e. The molecule has 1 aromatic carbocycles. The molecule has 2 rings (SSSR count). The average molecular weight is 354 g/mol. The molecule has 0 fully saturated rings. The summed E-state index contributed by atoms with van der Waals surface area (Å²) in [6.07, 6.45) is 3.51. The van der Waals surface area contributed by atoms with E-state index in [4.69, 9.17) is 0 Å². The minimum atomic E-state index is -0.203. The third-order valence-corrected chi connectivity index (χ3v) is 3.64. The van der Waals surface area contributed by atoms with Gasteiger partial charge in [0.1, 0.15) is 0 Å². The van der Waals surface area contributed by atoms with Gasteiger partial charge in [-0.2, -0.15) is 0 Å². The zero-order valence-electron chi connectivity index (χ0n) is 14.9. The normalized spacial score (nSPS) is 10.1. The number of amides is 3. The third kappa shape index (κ3) is 6.35. The number of aromatic nitrogens is 1. The SMILES string of the molecule is CC(=O)Nc1cccc(NC(=O)CCN(Cc2ccncc2)C(C)=O)c1. The highest BCUT2D eigenvalue weighted by Gasteiger charge is 2.12. The number of nitrogens with zero attached hydrogens (tertiary/aromatic N) is 2. The Bertz CT molecular complexity index is 777. The van der Waals surface area contributed by atoms with Crippen LogP contribution in [0.3, 0.4) is 0 Å². The van der Waals surface area contributed by atoms with Crippen LogP contribution in [0.15, 0.2) is 48.8 Å². The Labute approximate surface area is 152 Å². The van der Waals surface area contributed by atoms with E-state index >= 15 is 0 Å². The molecule has 0 saturated carbocycles. The second-order valence-electron chi connectivity index (χ2n) is 5.86. The second kappa shape index (κ2) is 9.31. The maximum absolute atomic E-state index is 12.2. The molecule has 0 atom stereocenters. The number of benzene rings is 1. The van der Waals surface area contributed by atoms with Crippen molar-refractivity contribution in [1.29, 1.82) is 0 Å². The predicted octanol–water partition coefficient (Wildman–Crippen LogP) is 2.42. The fraction of sp³-hybridized carbons (Fsp3) is 0.263. The van der Waals surface area contributed by atoms with E-state index in [0.717, 1.165) is 5.56 Å². The molecular weight excluding hydrogens is 332 g/mol. The van der Waals surface area contributed by atoms with E-state index in [1.807, 2.05) is 12.1 Å². The van der Waals surface area contributed by atoms with Crippen LogP contribution in [0.4, 0.5) is 11.4 Å². The van der Waals surface area contributed by atoms with Gasteiger partial charge in [0.15, 0.2) is 0 Å². The number of nitrogens with one attached hydrogen (secondary N) is 2. The van der Waals surface area contributed by atoms with Crippen LogP contribution in [0, 0.1) is 0 Å². The summed E-state index contributed by atoms with van der Waals surface area (Å²) < 4.78 is 0. The van der Waals surface area contributed by atoms with Crippen molar-refractivity contribution < 1.29 is 14.4 Å². The van der Waals surface area contributed by atoms with Gasteiger partial charge in [-0.05, 0) is 35.9 Å². The van der Waals surface area contributed by atoms with Gasteiger partial charge in [-0.15, -0.1) is 0 Å². The van der Waals surface area contributed by atoms with Crippen molar-refractivity contribution in [2.75, 3.05) is 17.2 Å². The number of anilines is 2. The lowest BCUT2D eigenvalue weighted by molar-refractivity contribution is -0.130. The van der Waals surface area contributed by atoms with Gasteiger partial charge in [-0.25, -0.2) is 0 Å². The molecule has 1 heterocycles. The van der Waals surface area contributed by atoms with Gasteiger partial charge in [0.25, 0.3) is 0 Å². The Morgan fingerprint density at radius 3 is 2.27 bits per heavy atom. The van der Waals surface area contributed by atoms with Crippen LogP contribution in [0.5, 0.6) is 0 Å². The quantitative estimate of drug-likeness (QED) is 0.799. The lowest BCUT2D eigenvalue weighted by Gasteiger charge is -2.21. The molecule has 0 aliphatic heterocycles. The van der Waals surface area contributed by atoms with Crippen molar-refractivity contribution in [1.82, 2.24) is 9.88 Å². The van der Waals surface area contributed by atoms with Crippen LogP contribution >= 0.6 is 0 Å². The fourth-order valence-corrected chi connectivity index (χ4v) is 2.39. The Balaban J connectivity index is 1.90. The van der Waals surface area contributed by atoms with Crippen molar-refractivity contribution in [3.8, 4) is 0 Å². The zero-order chi connectivity index (χ0) is 18.9. The van der Waals surface area contributed by atoms with Crippen molar-refractivity contribution in [2.24, 2.45) is 0 Å². The topological polar surface area (TPSA) is 91.4 Å². The predicted molar refractivity (Wildman–Crippen MR) is 99.3 cm³/mol. The van der Waals surface area contributed by atoms with Crippen molar-refractivity contribution in [3.05, 3.63) is 54.4 Å². The van der Waals surface area contributed by atoms with Gasteiger partial charge >= 0.3 is 0 Å². The first kappa shape index (κ1) is 19.1. The Kier molecular flexibility index (Phi) is 6.84. The zero-order valence-corrected chi connectivity index (χ0v) is 14.9. The van der Waals surface area contributed by atoms with E-state index in [0.29, 0.717) is 24.5 Å². The van der Waals surface area contributed by atoms with Gasteiger partial charge in [0.05, 0.1) is 0 Å². The highest BCUT2D eigenvalue weighted by Crippen LogP contribution is 2.15. The molecule has 0 radical (unpaired) electrons. The molecule has 0 aliphatic rings. The van der Waals surface area contributed by atoms with Crippen LogP contribution < -0.4 is 10.6 Å². The molecule has 2 aromatic rings. The Morgan fingerprint density at radius 2 is 1.65 bits per heavy atom. The number of rotatable bonds is 7. The molecule has 0 bridgehead atoms. The van der Waals surface area contributed by atoms with E-state index in [1.165, 1.54) is 13.8 Å². The molecule has 7 heteroatoms. The number of pyridine rings is 1. The molecule has 7 nitrogen and oxygen atoms in total. The summed E-state index contributed by atoms with van der Waals surface area (Å²) in [5.74, 6) is -0.477. The average Bonchev–Trinajstić information content (AvgIpc) is 2.59. The van der Waals surface area contributed by atoms with Crippen LogP contribution in [0.2, 0.25) is 0 Å². The van der Waals surface area contributed by atoms with Gasteiger partial charge in [0, 0.05) is 57.1 Å². The van der Waals surface area contributed by atoms with Gasteiger partial charge in [-0.3, -0.25) is 19.4 Å². The van der Waals surface area contributed by atoms with E-state index in [9.17, 15) is 14.4 Å². The monoisotopic (exact) mass is 354 g/mol.